The smallest absolute Gasteiger partial charge is 0.251 e. The van der Waals surface area contributed by atoms with Crippen LogP contribution in [0.2, 0.25) is 0 Å². The summed E-state index contributed by atoms with van der Waals surface area (Å²) in [5.74, 6) is 0.351. The van der Waals surface area contributed by atoms with Crippen molar-refractivity contribution in [3.05, 3.63) is 40.1 Å². The first-order valence-corrected chi connectivity index (χ1v) is 6.64. The molecule has 0 aliphatic carbocycles. The van der Waals surface area contributed by atoms with E-state index >= 15 is 0 Å². The molecule has 1 aliphatic heterocycles. The molecule has 0 bridgehead atoms. The molecule has 1 amide bonds. The summed E-state index contributed by atoms with van der Waals surface area (Å²) in [6.07, 6.45) is 2.38. The molecule has 2 aromatic rings. The Kier molecular flexibility index (Phi) is 2.94. The number of nitrogen functional groups attached to an aromatic ring is 1. The van der Waals surface area contributed by atoms with Crippen LogP contribution in [0.5, 0.6) is 0 Å². The standard InChI is InChI=1S/C13H11BrN4O/c14-10-6-17-12(15)11(18-10)8-1-2-9-7(5-8)3-4-16-13(9)19/h1-2,5-6H,3-4H2,(H2,15,17)(H,16,19). The monoisotopic (exact) mass is 318 g/mol. The van der Waals surface area contributed by atoms with Gasteiger partial charge in [-0.05, 0) is 40.0 Å². The van der Waals surface area contributed by atoms with Gasteiger partial charge in [0.15, 0.2) is 0 Å². The van der Waals surface area contributed by atoms with Gasteiger partial charge in [-0.25, -0.2) is 9.97 Å². The minimum Gasteiger partial charge on any atom is -0.382 e. The van der Waals surface area contributed by atoms with Crippen LogP contribution >= 0.6 is 15.9 Å². The van der Waals surface area contributed by atoms with Crippen LogP contribution in [0.3, 0.4) is 0 Å². The van der Waals surface area contributed by atoms with Crippen LogP contribution in [-0.4, -0.2) is 22.4 Å². The number of nitrogens with zero attached hydrogens (tertiary/aromatic N) is 2. The minimum atomic E-state index is -0.0268. The largest absolute Gasteiger partial charge is 0.382 e. The van der Waals surface area contributed by atoms with Crippen molar-refractivity contribution >= 4 is 27.7 Å². The summed E-state index contributed by atoms with van der Waals surface area (Å²) in [4.78, 5) is 20.1. The third-order valence-corrected chi connectivity index (χ3v) is 3.46. The third-order valence-electron chi connectivity index (χ3n) is 3.07. The van der Waals surface area contributed by atoms with Gasteiger partial charge in [-0.2, -0.15) is 0 Å². The lowest BCUT2D eigenvalue weighted by atomic mass is 9.97. The quantitative estimate of drug-likeness (QED) is 0.839. The molecule has 1 aromatic heterocycles. The van der Waals surface area contributed by atoms with Gasteiger partial charge < -0.3 is 11.1 Å². The molecule has 0 saturated heterocycles. The van der Waals surface area contributed by atoms with Gasteiger partial charge >= 0.3 is 0 Å². The Morgan fingerprint density at radius 2 is 2.21 bits per heavy atom. The fourth-order valence-corrected chi connectivity index (χ4v) is 2.44. The van der Waals surface area contributed by atoms with Crippen LogP contribution in [0.15, 0.2) is 29.0 Å². The zero-order valence-corrected chi connectivity index (χ0v) is 11.6. The fraction of sp³-hybridized carbons (Fsp3) is 0.154. The number of hydrogen-bond donors (Lipinski definition) is 2. The number of hydrogen-bond acceptors (Lipinski definition) is 4. The molecular weight excluding hydrogens is 308 g/mol. The number of anilines is 1. The Morgan fingerprint density at radius 3 is 3.05 bits per heavy atom. The SMILES string of the molecule is Nc1ncc(Br)nc1-c1ccc2c(c1)CCNC2=O. The zero-order chi connectivity index (χ0) is 13.4. The van der Waals surface area contributed by atoms with Crippen LogP contribution in [0.4, 0.5) is 5.82 Å². The molecule has 0 atom stereocenters. The van der Waals surface area contributed by atoms with Crippen LogP contribution in [-0.2, 0) is 6.42 Å². The van der Waals surface area contributed by atoms with E-state index in [0.29, 0.717) is 22.7 Å². The molecule has 0 radical (unpaired) electrons. The number of nitrogens with two attached hydrogens (primary N) is 1. The Hall–Kier alpha value is -1.95. The van der Waals surface area contributed by atoms with Crippen molar-refractivity contribution < 1.29 is 4.79 Å². The van der Waals surface area contributed by atoms with E-state index in [1.54, 1.807) is 12.3 Å². The lowest BCUT2D eigenvalue weighted by molar-refractivity contribution is 0.0946. The first-order chi connectivity index (χ1) is 9.15. The zero-order valence-electron chi connectivity index (χ0n) is 9.98. The highest BCUT2D eigenvalue weighted by atomic mass is 79.9. The molecule has 0 fully saturated rings. The molecular formula is C13H11BrN4O. The number of carbonyl (C=O) groups excluding carboxylic acids is 1. The maximum Gasteiger partial charge on any atom is 0.251 e. The number of carbonyl (C=O) groups is 1. The van der Waals surface area contributed by atoms with Gasteiger partial charge in [0.2, 0.25) is 0 Å². The van der Waals surface area contributed by atoms with Gasteiger partial charge in [0.1, 0.15) is 16.1 Å². The average molecular weight is 319 g/mol. The first-order valence-electron chi connectivity index (χ1n) is 5.84. The summed E-state index contributed by atoms with van der Waals surface area (Å²) in [6.45, 7) is 0.662. The normalized spacial score (nSPS) is 13.8. The predicted octanol–water partition coefficient (Wildman–Crippen LogP) is 1.77. The maximum atomic E-state index is 11.7. The molecule has 0 spiro atoms. The van der Waals surface area contributed by atoms with E-state index < -0.39 is 0 Å². The second kappa shape index (κ2) is 4.62. The lowest BCUT2D eigenvalue weighted by Gasteiger charge is -2.17. The first kappa shape index (κ1) is 12.1. The van der Waals surface area contributed by atoms with Gasteiger partial charge in [0.25, 0.3) is 5.91 Å². The van der Waals surface area contributed by atoms with E-state index in [1.165, 1.54) is 0 Å². The topological polar surface area (TPSA) is 80.9 Å². The highest BCUT2D eigenvalue weighted by Crippen LogP contribution is 2.27. The molecule has 3 rings (SSSR count). The van der Waals surface area contributed by atoms with Gasteiger partial charge in [-0.3, -0.25) is 4.79 Å². The summed E-state index contributed by atoms with van der Waals surface area (Å²) < 4.78 is 0.632. The van der Waals surface area contributed by atoms with Crippen LogP contribution in [0.1, 0.15) is 15.9 Å². The number of benzene rings is 1. The minimum absolute atomic E-state index is 0.0268. The molecule has 19 heavy (non-hydrogen) atoms. The summed E-state index contributed by atoms with van der Waals surface area (Å²) in [5.41, 5.74) is 9.09. The Balaban J connectivity index is 2.11. The molecule has 0 unspecified atom stereocenters. The number of nitrogens with one attached hydrogen (secondary N) is 1. The molecule has 2 heterocycles. The summed E-state index contributed by atoms with van der Waals surface area (Å²) in [6, 6.07) is 5.61. The number of amides is 1. The highest BCUT2D eigenvalue weighted by molar-refractivity contribution is 9.10. The van der Waals surface area contributed by atoms with E-state index in [-0.39, 0.29) is 5.91 Å². The number of halogens is 1. The maximum absolute atomic E-state index is 11.7. The molecule has 5 nitrogen and oxygen atoms in total. The van der Waals surface area contributed by atoms with Gasteiger partial charge in [-0.1, -0.05) is 6.07 Å². The van der Waals surface area contributed by atoms with Crippen molar-refractivity contribution in [1.29, 1.82) is 0 Å². The molecule has 0 saturated carbocycles. The summed E-state index contributed by atoms with van der Waals surface area (Å²) in [7, 11) is 0. The van der Waals surface area contributed by atoms with Crippen LogP contribution in [0, 0.1) is 0 Å². The fourth-order valence-electron chi connectivity index (χ4n) is 2.16. The van der Waals surface area contributed by atoms with Crippen molar-refractivity contribution in [3.63, 3.8) is 0 Å². The van der Waals surface area contributed by atoms with Crippen molar-refractivity contribution in [2.45, 2.75) is 6.42 Å². The van der Waals surface area contributed by atoms with E-state index in [4.69, 9.17) is 5.73 Å². The second-order valence-corrected chi connectivity index (χ2v) is 5.12. The Labute approximate surface area is 118 Å². The van der Waals surface area contributed by atoms with Crippen molar-refractivity contribution in [1.82, 2.24) is 15.3 Å². The third kappa shape index (κ3) is 2.19. The van der Waals surface area contributed by atoms with E-state index in [1.807, 2.05) is 12.1 Å². The molecule has 3 N–H and O–H groups in total. The molecule has 1 aromatic carbocycles. The van der Waals surface area contributed by atoms with Crippen LogP contribution < -0.4 is 11.1 Å². The van der Waals surface area contributed by atoms with Crippen LogP contribution in [0.25, 0.3) is 11.3 Å². The van der Waals surface area contributed by atoms with E-state index in [0.717, 1.165) is 23.1 Å². The Morgan fingerprint density at radius 1 is 1.37 bits per heavy atom. The lowest BCUT2D eigenvalue weighted by Crippen LogP contribution is -2.31. The second-order valence-electron chi connectivity index (χ2n) is 4.30. The van der Waals surface area contributed by atoms with E-state index in [2.05, 4.69) is 31.2 Å². The average Bonchev–Trinajstić information content (AvgIpc) is 2.41. The van der Waals surface area contributed by atoms with Gasteiger partial charge in [-0.15, -0.1) is 0 Å². The predicted molar refractivity (Wildman–Crippen MR) is 75.6 cm³/mol. The van der Waals surface area contributed by atoms with Gasteiger partial charge in [0, 0.05) is 17.7 Å². The van der Waals surface area contributed by atoms with Crippen molar-refractivity contribution in [2.24, 2.45) is 0 Å². The Bertz CT molecular complexity index is 672. The number of aromatic nitrogens is 2. The van der Waals surface area contributed by atoms with E-state index in [9.17, 15) is 4.79 Å². The van der Waals surface area contributed by atoms with Crippen molar-refractivity contribution in [3.8, 4) is 11.3 Å². The van der Waals surface area contributed by atoms with Gasteiger partial charge in [0.05, 0.1) is 6.20 Å². The summed E-state index contributed by atoms with van der Waals surface area (Å²) >= 11 is 3.28. The van der Waals surface area contributed by atoms with Crippen molar-refractivity contribution in [2.75, 3.05) is 12.3 Å². The molecule has 6 heteroatoms. The highest BCUT2D eigenvalue weighted by Gasteiger charge is 2.17. The number of rotatable bonds is 1. The summed E-state index contributed by atoms with van der Waals surface area (Å²) in [5, 5.41) is 2.82. The number of fused-ring (bicyclic) bond motifs is 1. The molecule has 96 valence electrons. The molecule has 1 aliphatic rings.